The van der Waals surface area contributed by atoms with Crippen LogP contribution in [0.15, 0.2) is 41.8 Å². The van der Waals surface area contributed by atoms with Gasteiger partial charge >= 0.3 is 0 Å². The van der Waals surface area contributed by atoms with Crippen molar-refractivity contribution in [3.8, 4) is 0 Å². The predicted molar refractivity (Wildman–Crippen MR) is 99.2 cm³/mol. The van der Waals surface area contributed by atoms with Gasteiger partial charge in [-0.05, 0) is 43.2 Å². The van der Waals surface area contributed by atoms with Crippen molar-refractivity contribution < 1.29 is 10.1 Å². The molecule has 3 rings (SSSR count). The lowest BCUT2D eigenvalue weighted by molar-refractivity contribution is -0.704. The molecule has 1 aliphatic rings. The van der Waals surface area contributed by atoms with E-state index in [-0.39, 0.29) is 18.0 Å². The molecule has 1 saturated carbocycles. The quantitative estimate of drug-likeness (QED) is 0.760. The number of quaternary nitrogens is 1. The SMILES string of the molecule is CCCc1ccc([C@H]([NH2+][C@H](C)C(=O)NC2CC2)c2cccs2)cc1. The summed E-state index contributed by atoms with van der Waals surface area (Å²) >= 11 is 1.76. The monoisotopic (exact) mass is 343 g/mol. The topological polar surface area (TPSA) is 45.7 Å². The number of nitrogens with one attached hydrogen (secondary N) is 1. The molecule has 1 fully saturated rings. The van der Waals surface area contributed by atoms with E-state index in [4.69, 9.17) is 0 Å². The Morgan fingerprint density at radius 3 is 2.62 bits per heavy atom. The fourth-order valence-electron chi connectivity index (χ4n) is 2.96. The van der Waals surface area contributed by atoms with Gasteiger partial charge in [-0.25, -0.2) is 0 Å². The van der Waals surface area contributed by atoms with Crippen LogP contribution in [0.1, 0.15) is 55.2 Å². The minimum absolute atomic E-state index is 0.0898. The lowest BCUT2D eigenvalue weighted by Gasteiger charge is -2.19. The van der Waals surface area contributed by atoms with Crippen LogP contribution in [0.25, 0.3) is 0 Å². The Balaban J connectivity index is 1.74. The molecule has 0 saturated heterocycles. The molecule has 1 aliphatic carbocycles. The van der Waals surface area contributed by atoms with E-state index in [1.165, 1.54) is 16.0 Å². The standard InChI is InChI=1S/C20H26N2OS/c1-3-5-15-7-9-16(10-8-15)19(18-6-4-13-24-18)21-14(2)20(23)22-17-11-12-17/h4,6-10,13-14,17,19,21H,3,5,11-12H2,1-2H3,(H,22,23)/p+1/t14-,19+/m1/s1. The van der Waals surface area contributed by atoms with Crippen molar-refractivity contribution in [1.29, 1.82) is 0 Å². The smallest absolute Gasteiger partial charge is 0.278 e. The Kier molecular flexibility index (Phi) is 5.69. The van der Waals surface area contributed by atoms with Crippen molar-refractivity contribution in [1.82, 2.24) is 5.32 Å². The molecule has 0 aliphatic heterocycles. The first-order valence-corrected chi connectivity index (χ1v) is 9.83. The first-order valence-electron chi connectivity index (χ1n) is 8.95. The van der Waals surface area contributed by atoms with Crippen LogP contribution in [0.5, 0.6) is 0 Å². The van der Waals surface area contributed by atoms with Crippen LogP contribution in [0.3, 0.4) is 0 Å². The average molecular weight is 344 g/mol. The first kappa shape index (κ1) is 17.2. The largest absolute Gasteiger partial charge is 0.348 e. The molecule has 1 aromatic heterocycles. The van der Waals surface area contributed by atoms with Gasteiger partial charge in [0.05, 0.1) is 4.88 Å². The maximum atomic E-state index is 12.3. The second kappa shape index (κ2) is 7.95. The van der Waals surface area contributed by atoms with E-state index in [0.29, 0.717) is 6.04 Å². The number of aryl methyl sites for hydroxylation is 1. The van der Waals surface area contributed by atoms with E-state index in [1.54, 1.807) is 11.3 Å². The van der Waals surface area contributed by atoms with Crippen LogP contribution < -0.4 is 10.6 Å². The summed E-state index contributed by atoms with van der Waals surface area (Å²) in [7, 11) is 0. The number of amides is 1. The molecule has 4 heteroatoms. The summed E-state index contributed by atoms with van der Waals surface area (Å²) < 4.78 is 0. The maximum absolute atomic E-state index is 12.3. The van der Waals surface area contributed by atoms with Crippen LogP contribution in [0.4, 0.5) is 0 Å². The minimum Gasteiger partial charge on any atom is -0.348 e. The number of nitrogens with two attached hydrogens (primary N) is 1. The van der Waals surface area contributed by atoms with Crippen molar-refractivity contribution in [2.24, 2.45) is 0 Å². The molecule has 1 amide bonds. The van der Waals surface area contributed by atoms with Crippen molar-refractivity contribution >= 4 is 17.2 Å². The Morgan fingerprint density at radius 1 is 1.29 bits per heavy atom. The highest BCUT2D eigenvalue weighted by molar-refractivity contribution is 7.10. The van der Waals surface area contributed by atoms with Crippen LogP contribution in [0.2, 0.25) is 0 Å². The molecule has 24 heavy (non-hydrogen) atoms. The van der Waals surface area contributed by atoms with Gasteiger partial charge in [0.1, 0.15) is 6.04 Å². The molecule has 2 aromatic rings. The van der Waals surface area contributed by atoms with E-state index in [0.717, 1.165) is 25.7 Å². The van der Waals surface area contributed by atoms with Gasteiger partial charge in [-0.3, -0.25) is 4.79 Å². The van der Waals surface area contributed by atoms with Gasteiger partial charge in [0, 0.05) is 11.6 Å². The zero-order valence-electron chi connectivity index (χ0n) is 14.5. The summed E-state index contributed by atoms with van der Waals surface area (Å²) in [6.45, 7) is 4.21. The fourth-order valence-corrected chi connectivity index (χ4v) is 3.79. The summed E-state index contributed by atoms with van der Waals surface area (Å²) in [5.74, 6) is 0.154. The van der Waals surface area contributed by atoms with E-state index in [2.05, 4.69) is 59.3 Å². The van der Waals surface area contributed by atoms with Gasteiger partial charge in [-0.1, -0.05) is 43.7 Å². The van der Waals surface area contributed by atoms with Crippen LogP contribution in [0, 0.1) is 0 Å². The van der Waals surface area contributed by atoms with Crippen molar-refractivity contribution in [3.63, 3.8) is 0 Å². The molecule has 3 nitrogen and oxygen atoms in total. The molecular weight excluding hydrogens is 316 g/mol. The highest BCUT2D eigenvalue weighted by Crippen LogP contribution is 2.24. The number of hydrogen-bond donors (Lipinski definition) is 2. The van der Waals surface area contributed by atoms with Crippen LogP contribution in [-0.2, 0) is 11.2 Å². The van der Waals surface area contributed by atoms with Crippen LogP contribution in [-0.4, -0.2) is 18.0 Å². The molecule has 0 bridgehead atoms. The van der Waals surface area contributed by atoms with Gasteiger partial charge in [0.25, 0.3) is 5.91 Å². The Morgan fingerprint density at radius 2 is 2.04 bits per heavy atom. The zero-order valence-corrected chi connectivity index (χ0v) is 15.3. The minimum atomic E-state index is -0.0898. The van der Waals surface area contributed by atoms with E-state index in [1.807, 2.05) is 6.92 Å². The number of carbonyl (C=O) groups excluding carboxylic acids is 1. The molecule has 0 spiro atoms. The van der Waals surface area contributed by atoms with Crippen molar-refractivity contribution in [3.05, 3.63) is 57.8 Å². The van der Waals surface area contributed by atoms with E-state index < -0.39 is 0 Å². The van der Waals surface area contributed by atoms with Crippen molar-refractivity contribution in [2.45, 2.75) is 57.7 Å². The predicted octanol–water partition coefficient (Wildman–Crippen LogP) is 3.02. The molecule has 1 aromatic carbocycles. The first-order chi connectivity index (χ1) is 11.7. The molecule has 0 radical (unpaired) electrons. The highest BCUT2D eigenvalue weighted by Gasteiger charge is 2.29. The Hall–Kier alpha value is -1.65. The third kappa shape index (κ3) is 4.46. The Labute approximate surface area is 148 Å². The molecular formula is C20H27N2OS+. The number of hydrogen-bond acceptors (Lipinski definition) is 2. The number of thiophene rings is 1. The summed E-state index contributed by atoms with van der Waals surface area (Å²) in [6.07, 6.45) is 4.55. The van der Waals surface area contributed by atoms with E-state index in [9.17, 15) is 4.79 Å². The van der Waals surface area contributed by atoms with Gasteiger partial charge < -0.3 is 10.6 Å². The highest BCUT2D eigenvalue weighted by atomic mass is 32.1. The molecule has 128 valence electrons. The second-order valence-electron chi connectivity index (χ2n) is 6.75. The average Bonchev–Trinajstić information content (AvgIpc) is 3.23. The van der Waals surface area contributed by atoms with Gasteiger partial charge in [-0.2, -0.15) is 0 Å². The summed E-state index contributed by atoms with van der Waals surface area (Å²) in [5, 5.41) is 7.42. The summed E-state index contributed by atoms with van der Waals surface area (Å²) in [6, 6.07) is 13.6. The third-order valence-electron chi connectivity index (χ3n) is 4.55. The second-order valence-corrected chi connectivity index (χ2v) is 7.73. The van der Waals surface area contributed by atoms with Crippen molar-refractivity contribution in [2.75, 3.05) is 0 Å². The van der Waals surface area contributed by atoms with Gasteiger partial charge in [0.2, 0.25) is 0 Å². The zero-order chi connectivity index (χ0) is 16.9. The fraction of sp³-hybridized carbons (Fsp3) is 0.450. The molecule has 2 atom stereocenters. The lowest BCUT2D eigenvalue weighted by atomic mass is 10.0. The Bertz CT molecular complexity index is 647. The summed E-state index contributed by atoms with van der Waals surface area (Å²) in [4.78, 5) is 13.6. The number of carbonyl (C=O) groups is 1. The molecule has 1 heterocycles. The normalized spacial score (nSPS) is 16.6. The number of benzene rings is 1. The molecule has 0 unspecified atom stereocenters. The number of rotatable bonds is 8. The van der Waals surface area contributed by atoms with E-state index >= 15 is 0 Å². The van der Waals surface area contributed by atoms with Gasteiger partial charge in [0.15, 0.2) is 6.04 Å². The maximum Gasteiger partial charge on any atom is 0.278 e. The lowest BCUT2D eigenvalue weighted by Crippen LogP contribution is -2.92. The molecule has 3 N–H and O–H groups in total. The van der Waals surface area contributed by atoms with Crippen LogP contribution >= 0.6 is 11.3 Å². The van der Waals surface area contributed by atoms with Gasteiger partial charge in [-0.15, -0.1) is 11.3 Å². The summed E-state index contributed by atoms with van der Waals surface area (Å²) in [5.41, 5.74) is 2.65. The third-order valence-corrected chi connectivity index (χ3v) is 5.50.